The zero-order valence-electron chi connectivity index (χ0n) is 21.9. The first-order valence-electron chi connectivity index (χ1n) is 13.3. The molecule has 3 aliphatic rings. The molecule has 0 atom stereocenters. The van der Waals surface area contributed by atoms with Gasteiger partial charge in [-0.1, -0.05) is 44.2 Å². The number of ether oxygens (including phenoxy) is 2. The molecule has 8 heteroatoms. The largest absolute Gasteiger partial charge is 0.343 e. The number of para-hydroxylation sites is 1. The van der Waals surface area contributed by atoms with E-state index in [2.05, 4.69) is 52.8 Å². The van der Waals surface area contributed by atoms with Crippen LogP contribution in [-0.4, -0.2) is 67.3 Å². The molecule has 2 aromatic carbocycles. The Hall–Kier alpha value is -2.19. The van der Waals surface area contributed by atoms with Crippen molar-refractivity contribution in [2.75, 3.05) is 51.0 Å². The lowest BCUT2D eigenvalue weighted by molar-refractivity contribution is -0.172. The molecule has 2 aromatic rings. The van der Waals surface area contributed by atoms with E-state index in [-0.39, 0.29) is 24.1 Å². The van der Waals surface area contributed by atoms with Crippen LogP contribution in [0.4, 0.5) is 10.1 Å². The average molecular weight is 532 g/mol. The van der Waals surface area contributed by atoms with Crippen molar-refractivity contribution in [2.45, 2.75) is 50.9 Å². The van der Waals surface area contributed by atoms with Crippen molar-refractivity contribution in [3.63, 3.8) is 0 Å². The third-order valence-corrected chi connectivity index (χ3v) is 7.87. The average Bonchev–Trinajstić information content (AvgIpc) is 3.46. The van der Waals surface area contributed by atoms with Crippen LogP contribution in [0, 0.1) is 11.7 Å². The minimum atomic E-state index is -0.784. The van der Waals surface area contributed by atoms with Crippen molar-refractivity contribution >= 4 is 24.0 Å². The quantitative estimate of drug-likeness (QED) is 0.478. The van der Waals surface area contributed by atoms with Gasteiger partial charge in [-0.05, 0) is 56.0 Å². The number of piperidine rings is 1. The molecule has 0 saturated carbocycles. The number of halogens is 2. The summed E-state index contributed by atoms with van der Waals surface area (Å²) in [7, 11) is 0. The van der Waals surface area contributed by atoms with E-state index < -0.39 is 11.3 Å². The molecule has 0 radical (unpaired) electrons. The number of carbonyl (C=O) groups is 1. The minimum absolute atomic E-state index is 0. The summed E-state index contributed by atoms with van der Waals surface area (Å²) >= 11 is 0. The summed E-state index contributed by atoms with van der Waals surface area (Å²) in [4.78, 5) is 20.6. The molecule has 6 nitrogen and oxygen atoms in total. The molecule has 202 valence electrons. The molecule has 3 saturated heterocycles. The number of hydrogen-bond donors (Lipinski definition) is 0. The first kappa shape index (κ1) is 27.8. The van der Waals surface area contributed by atoms with Crippen LogP contribution in [0.2, 0.25) is 0 Å². The Bertz CT molecular complexity index is 1020. The van der Waals surface area contributed by atoms with Gasteiger partial charge < -0.3 is 24.2 Å². The summed E-state index contributed by atoms with van der Waals surface area (Å²) in [5.74, 6) is -0.321. The smallest absolute Gasteiger partial charge is 0.250 e. The Morgan fingerprint density at radius 2 is 1.62 bits per heavy atom. The maximum Gasteiger partial charge on any atom is 0.250 e. The van der Waals surface area contributed by atoms with Crippen LogP contribution >= 0.6 is 12.4 Å². The van der Waals surface area contributed by atoms with E-state index in [0.29, 0.717) is 25.8 Å². The molecule has 1 amide bonds. The van der Waals surface area contributed by atoms with Crippen molar-refractivity contribution in [1.82, 2.24) is 9.80 Å². The van der Waals surface area contributed by atoms with E-state index in [1.54, 1.807) is 12.1 Å². The van der Waals surface area contributed by atoms with Crippen LogP contribution in [0.5, 0.6) is 0 Å². The predicted octanol–water partition coefficient (Wildman–Crippen LogP) is 5.02. The van der Waals surface area contributed by atoms with E-state index in [9.17, 15) is 9.18 Å². The lowest BCUT2D eigenvalue weighted by Crippen LogP contribution is -2.56. The second-order valence-electron chi connectivity index (χ2n) is 10.8. The van der Waals surface area contributed by atoms with Gasteiger partial charge in [-0.25, -0.2) is 4.39 Å². The van der Waals surface area contributed by atoms with E-state index in [1.807, 2.05) is 6.07 Å². The Kier molecular flexibility index (Phi) is 8.79. The van der Waals surface area contributed by atoms with Gasteiger partial charge in [0.15, 0.2) is 5.79 Å². The number of carbonyl (C=O) groups excluding carboxylic acids is 1. The van der Waals surface area contributed by atoms with Gasteiger partial charge in [0, 0.05) is 37.3 Å². The monoisotopic (exact) mass is 531 g/mol. The highest BCUT2D eigenvalue weighted by atomic mass is 35.5. The van der Waals surface area contributed by atoms with Gasteiger partial charge in [-0.3, -0.25) is 4.79 Å². The highest BCUT2D eigenvalue weighted by molar-refractivity contribution is 5.93. The molecule has 37 heavy (non-hydrogen) atoms. The molecular weight excluding hydrogens is 493 g/mol. The zero-order chi connectivity index (χ0) is 25.2. The number of likely N-dealkylation sites (tertiary alicyclic amines) is 1. The van der Waals surface area contributed by atoms with Crippen LogP contribution < -0.4 is 4.90 Å². The van der Waals surface area contributed by atoms with Gasteiger partial charge >= 0.3 is 0 Å². The first-order chi connectivity index (χ1) is 17.4. The van der Waals surface area contributed by atoms with Crippen molar-refractivity contribution in [3.8, 4) is 0 Å². The van der Waals surface area contributed by atoms with Gasteiger partial charge in [0.1, 0.15) is 11.4 Å². The summed E-state index contributed by atoms with van der Waals surface area (Å²) in [5.41, 5.74) is 1.54. The number of rotatable bonds is 8. The van der Waals surface area contributed by atoms with Gasteiger partial charge in [0.25, 0.3) is 0 Å². The molecule has 5 rings (SSSR count). The SMILES string of the molecule is CC(C)CN1CN(c2ccccc2)C2(CCN(CCCC3(c4ccc(F)cc4)OCCO3)CC2)C1=O.Cl. The van der Waals surface area contributed by atoms with Crippen molar-refractivity contribution < 1.29 is 18.7 Å². The summed E-state index contributed by atoms with van der Waals surface area (Å²) in [6.07, 6.45) is 3.27. The van der Waals surface area contributed by atoms with Crippen LogP contribution in [-0.2, 0) is 20.1 Å². The Morgan fingerprint density at radius 3 is 2.24 bits per heavy atom. The highest BCUT2D eigenvalue weighted by Crippen LogP contribution is 2.40. The Balaban J connectivity index is 0.00000320. The predicted molar refractivity (Wildman–Crippen MR) is 145 cm³/mol. The molecule has 0 aromatic heterocycles. The zero-order valence-corrected chi connectivity index (χ0v) is 22.7. The molecule has 3 heterocycles. The maximum absolute atomic E-state index is 13.7. The normalized spacial score (nSPS) is 21.1. The fourth-order valence-electron chi connectivity index (χ4n) is 6.08. The topological polar surface area (TPSA) is 45.2 Å². The van der Waals surface area contributed by atoms with Crippen molar-refractivity contribution in [1.29, 1.82) is 0 Å². The minimum Gasteiger partial charge on any atom is -0.343 e. The van der Waals surface area contributed by atoms with Crippen molar-refractivity contribution in [3.05, 3.63) is 66.0 Å². The highest BCUT2D eigenvalue weighted by Gasteiger charge is 2.53. The van der Waals surface area contributed by atoms with Gasteiger partial charge in [-0.15, -0.1) is 12.4 Å². The molecule has 3 aliphatic heterocycles. The van der Waals surface area contributed by atoms with Gasteiger partial charge in [-0.2, -0.15) is 0 Å². The summed E-state index contributed by atoms with van der Waals surface area (Å²) in [6.45, 7) is 9.58. The molecule has 1 spiro atoms. The van der Waals surface area contributed by atoms with Crippen LogP contribution in [0.3, 0.4) is 0 Å². The summed E-state index contributed by atoms with van der Waals surface area (Å²) in [5, 5.41) is 0. The number of benzene rings is 2. The number of anilines is 1. The Labute approximate surface area is 226 Å². The molecule has 0 aliphatic carbocycles. The Morgan fingerprint density at radius 1 is 0.973 bits per heavy atom. The van der Waals surface area contributed by atoms with Gasteiger partial charge in [0.05, 0.1) is 19.9 Å². The maximum atomic E-state index is 13.7. The fraction of sp³-hybridized carbons (Fsp3) is 0.552. The lowest BCUT2D eigenvalue weighted by Gasteiger charge is -2.43. The van der Waals surface area contributed by atoms with Crippen molar-refractivity contribution in [2.24, 2.45) is 5.92 Å². The van der Waals surface area contributed by atoms with E-state index >= 15 is 0 Å². The number of nitrogens with zero attached hydrogens (tertiary/aromatic N) is 3. The number of hydrogen-bond acceptors (Lipinski definition) is 5. The molecule has 0 bridgehead atoms. The van der Waals surface area contributed by atoms with Gasteiger partial charge in [0.2, 0.25) is 5.91 Å². The third kappa shape index (κ3) is 5.65. The summed E-state index contributed by atoms with van der Waals surface area (Å²) in [6, 6.07) is 16.8. The third-order valence-electron chi connectivity index (χ3n) is 7.87. The number of amides is 1. The standard InChI is InChI=1S/C29H38FN3O3.ClH/c1-23(2)21-32-22-33(26-7-4-3-5-8-26)28(27(32)34)14-17-31(18-15-28)16-6-13-29(35-19-20-36-29)24-9-11-25(30)12-10-24;/h3-5,7-12,23H,6,13-22H2,1-2H3;1H. The van der Waals surface area contributed by atoms with E-state index in [0.717, 1.165) is 63.1 Å². The molecular formula is C29H39ClFN3O3. The lowest BCUT2D eigenvalue weighted by atomic mass is 9.85. The molecule has 0 unspecified atom stereocenters. The fourth-order valence-corrected chi connectivity index (χ4v) is 6.08. The van der Waals surface area contributed by atoms with Crippen LogP contribution in [0.1, 0.15) is 45.1 Å². The van der Waals surface area contributed by atoms with Crippen LogP contribution in [0.25, 0.3) is 0 Å². The van der Waals surface area contributed by atoms with Crippen LogP contribution in [0.15, 0.2) is 54.6 Å². The molecule has 0 N–H and O–H groups in total. The molecule has 3 fully saturated rings. The second-order valence-corrected chi connectivity index (χ2v) is 10.8. The van der Waals surface area contributed by atoms with E-state index in [1.165, 1.54) is 12.1 Å². The van der Waals surface area contributed by atoms with E-state index in [4.69, 9.17) is 9.47 Å². The second kappa shape index (κ2) is 11.7. The summed E-state index contributed by atoms with van der Waals surface area (Å²) < 4.78 is 25.5. The first-order valence-corrected chi connectivity index (χ1v) is 13.3.